The fourth-order valence-electron chi connectivity index (χ4n) is 3.36. The Balaban J connectivity index is 1.67. The number of hydrogen-bond donors (Lipinski definition) is 2. The molecule has 2 aliphatic rings. The zero-order chi connectivity index (χ0) is 20.4. The summed E-state index contributed by atoms with van der Waals surface area (Å²) in [5, 5.41) is 14.6. The lowest BCUT2D eigenvalue weighted by Crippen LogP contribution is -2.41. The number of rotatable bonds is 9. The number of nitrogens with one attached hydrogen (secondary N) is 2. The van der Waals surface area contributed by atoms with E-state index in [0.717, 1.165) is 12.8 Å². The molecule has 0 bridgehead atoms. The summed E-state index contributed by atoms with van der Waals surface area (Å²) >= 11 is 0. The monoisotopic (exact) mass is 396 g/mol. The van der Waals surface area contributed by atoms with Crippen LogP contribution >= 0.6 is 0 Å². The lowest BCUT2D eigenvalue weighted by molar-refractivity contribution is -0.757. The number of nitrogens with zero attached hydrogens (tertiary/aromatic N) is 2. The second kappa shape index (κ2) is 11.2. The van der Waals surface area contributed by atoms with Crippen LogP contribution < -0.4 is 10.6 Å². The first-order valence-electron chi connectivity index (χ1n) is 9.56. The van der Waals surface area contributed by atoms with Gasteiger partial charge in [0.25, 0.3) is 5.09 Å². The van der Waals surface area contributed by atoms with Crippen molar-refractivity contribution in [3.8, 4) is 0 Å². The second-order valence-electron chi connectivity index (χ2n) is 6.99. The third-order valence-corrected chi connectivity index (χ3v) is 4.91. The van der Waals surface area contributed by atoms with Crippen LogP contribution in [0.25, 0.3) is 0 Å². The molecule has 1 aliphatic carbocycles. The highest BCUT2D eigenvalue weighted by molar-refractivity contribution is 5.94. The first-order chi connectivity index (χ1) is 13.5. The highest BCUT2D eigenvalue weighted by Gasteiger charge is 2.22. The molecular weight excluding hydrogens is 368 g/mol. The van der Waals surface area contributed by atoms with Crippen molar-refractivity contribution in [1.29, 1.82) is 0 Å². The van der Waals surface area contributed by atoms with Crippen molar-refractivity contribution < 1.29 is 24.3 Å². The van der Waals surface area contributed by atoms with Gasteiger partial charge in [0, 0.05) is 24.4 Å². The Morgan fingerprint density at radius 3 is 2.82 bits per heavy atom. The van der Waals surface area contributed by atoms with Crippen LogP contribution in [0.15, 0.2) is 23.9 Å². The van der Waals surface area contributed by atoms with Gasteiger partial charge in [-0.15, -0.1) is 10.1 Å². The lowest BCUT2D eigenvalue weighted by atomic mass is 9.85. The van der Waals surface area contributed by atoms with Crippen molar-refractivity contribution in [1.82, 2.24) is 15.5 Å². The summed E-state index contributed by atoms with van der Waals surface area (Å²) in [7, 11) is 0. The number of carbonyl (C=O) groups excluding carboxylic acids is 2. The normalized spacial score (nSPS) is 18.0. The van der Waals surface area contributed by atoms with Crippen molar-refractivity contribution >= 4 is 12.0 Å². The van der Waals surface area contributed by atoms with E-state index in [2.05, 4.69) is 15.5 Å². The SMILES string of the molecule is C[C@H](NC(=O)OCN1C=CC=C(C(=O)NCCO[N+](=O)[O-])C1)C1CCCCC1. The Labute approximate surface area is 164 Å². The fraction of sp³-hybridized carbons (Fsp3) is 0.667. The van der Waals surface area contributed by atoms with Gasteiger partial charge in [0.1, 0.15) is 6.61 Å². The minimum atomic E-state index is -0.909. The highest BCUT2D eigenvalue weighted by atomic mass is 16.9. The maximum atomic E-state index is 12.1. The van der Waals surface area contributed by atoms with Gasteiger partial charge in [-0.3, -0.25) is 4.79 Å². The Bertz CT molecular complexity index is 615. The predicted octanol–water partition coefficient (Wildman–Crippen LogP) is 1.72. The molecule has 0 spiro atoms. The van der Waals surface area contributed by atoms with Crippen LogP contribution in [0.3, 0.4) is 0 Å². The van der Waals surface area contributed by atoms with E-state index in [-0.39, 0.29) is 38.4 Å². The molecule has 0 aromatic rings. The first kappa shape index (κ1) is 21.5. The molecule has 0 aromatic heterocycles. The summed E-state index contributed by atoms with van der Waals surface area (Å²) < 4.78 is 5.27. The standard InChI is InChI=1S/C18H28N4O6/c1-14(15-6-3-2-4-7-15)20-18(24)27-13-21-10-5-8-16(12-21)17(23)19-9-11-28-22(25)26/h5,8,10,14-15H,2-4,6-7,9,11-13H2,1H3,(H,19,23)(H,20,24)/t14-/m0/s1. The molecule has 0 radical (unpaired) electrons. The second-order valence-corrected chi connectivity index (χ2v) is 6.99. The van der Waals surface area contributed by atoms with Crippen molar-refractivity contribution in [2.24, 2.45) is 5.92 Å². The Kier molecular flexibility index (Phi) is 8.57. The summed E-state index contributed by atoms with van der Waals surface area (Å²) in [6.45, 7) is 2.11. The molecule has 10 nitrogen and oxygen atoms in total. The van der Waals surface area contributed by atoms with Gasteiger partial charge >= 0.3 is 6.09 Å². The molecule has 1 aliphatic heterocycles. The average Bonchev–Trinajstić information content (AvgIpc) is 2.70. The van der Waals surface area contributed by atoms with E-state index in [1.54, 1.807) is 23.3 Å². The van der Waals surface area contributed by atoms with Crippen molar-refractivity contribution in [3.05, 3.63) is 34.0 Å². The molecule has 0 unspecified atom stereocenters. The third-order valence-electron chi connectivity index (χ3n) is 4.91. The number of allylic oxidation sites excluding steroid dienone is 2. The molecule has 2 N–H and O–H groups in total. The van der Waals surface area contributed by atoms with Gasteiger partial charge in [-0.25, -0.2) is 4.79 Å². The van der Waals surface area contributed by atoms with Gasteiger partial charge in [-0.1, -0.05) is 25.3 Å². The molecule has 10 heteroatoms. The average molecular weight is 396 g/mol. The van der Waals surface area contributed by atoms with E-state index in [1.165, 1.54) is 19.3 Å². The molecule has 0 aromatic carbocycles. The maximum Gasteiger partial charge on any atom is 0.409 e. The molecule has 1 heterocycles. The quantitative estimate of drug-likeness (QED) is 0.345. The number of alkyl carbamates (subject to hydrolysis) is 1. The summed E-state index contributed by atoms with van der Waals surface area (Å²) in [4.78, 5) is 40.0. The summed E-state index contributed by atoms with van der Waals surface area (Å²) in [5.41, 5.74) is 0.461. The largest absolute Gasteiger partial charge is 0.428 e. The molecule has 28 heavy (non-hydrogen) atoms. The number of ether oxygens (including phenoxy) is 1. The lowest BCUT2D eigenvalue weighted by Gasteiger charge is -2.28. The fourth-order valence-corrected chi connectivity index (χ4v) is 3.36. The van der Waals surface area contributed by atoms with Crippen molar-refractivity contribution in [2.45, 2.75) is 45.1 Å². The van der Waals surface area contributed by atoms with Gasteiger partial charge in [-0.2, -0.15) is 0 Å². The topological polar surface area (TPSA) is 123 Å². The van der Waals surface area contributed by atoms with Crippen molar-refractivity contribution in [2.75, 3.05) is 26.4 Å². The summed E-state index contributed by atoms with van der Waals surface area (Å²) in [6, 6.07) is 0.0762. The summed E-state index contributed by atoms with van der Waals surface area (Å²) in [6.07, 6.45) is 10.5. The van der Waals surface area contributed by atoms with E-state index >= 15 is 0 Å². The molecule has 156 valence electrons. The highest BCUT2D eigenvalue weighted by Crippen LogP contribution is 2.26. The minimum absolute atomic E-state index is 0.0226. The Morgan fingerprint density at radius 1 is 1.36 bits per heavy atom. The summed E-state index contributed by atoms with van der Waals surface area (Å²) in [5.74, 6) is 0.144. The zero-order valence-corrected chi connectivity index (χ0v) is 16.1. The Hall–Kier alpha value is -2.78. The smallest absolute Gasteiger partial charge is 0.409 e. The number of carbonyl (C=O) groups is 2. The Morgan fingerprint density at radius 2 is 2.11 bits per heavy atom. The number of amides is 2. The van der Waals surface area contributed by atoms with E-state index in [9.17, 15) is 19.7 Å². The first-order valence-corrected chi connectivity index (χ1v) is 9.56. The molecule has 2 amide bonds. The van der Waals surface area contributed by atoms with Crippen LogP contribution in [0, 0.1) is 16.0 Å². The molecular formula is C18H28N4O6. The number of hydrogen-bond acceptors (Lipinski definition) is 7. The van der Waals surface area contributed by atoms with Crippen LogP contribution in [0.4, 0.5) is 4.79 Å². The van der Waals surface area contributed by atoms with Crippen LogP contribution in [0.1, 0.15) is 39.0 Å². The molecule has 1 fully saturated rings. The van der Waals surface area contributed by atoms with Gasteiger partial charge < -0.3 is 25.1 Å². The van der Waals surface area contributed by atoms with Crippen LogP contribution in [-0.2, 0) is 14.4 Å². The van der Waals surface area contributed by atoms with Crippen LogP contribution in [-0.4, -0.2) is 54.5 Å². The zero-order valence-electron chi connectivity index (χ0n) is 16.1. The molecule has 1 atom stereocenters. The van der Waals surface area contributed by atoms with Gasteiger partial charge in [0.05, 0.1) is 6.54 Å². The maximum absolute atomic E-state index is 12.1. The van der Waals surface area contributed by atoms with Gasteiger partial charge in [0.15, 0.2) is 6.73 Å². The van der Waals surface area contributed by atoms with E-state index in [0.29, 0.717) is 11.5 Å². The van der Waals surface area contributed by atoms with Crippen LogP contribution in [0.2, 0.25) is 0 Å². The van der Waals surface area contributed by atoms with Crippen LogP contribution in [0.5, 0.6) is 0 Å². The van der Waals surface area contributed by atoms with E-state index in [1.807, 2.05) is 6.92 Å². The van der Waals surface area contributed by atoms with E-state index in [4.69, 9.17) is 4.74 Å². The molecule has 2 rings (SSSR count). The third kappa shape index (κ3) is 7.45. The van der Waals surface area contributed by atoms with Crippen molar-refractivity contribution in [3.63, 3.8) is 0 Å². The molecule has 0 saturated heterocycles. The van der Waals surface area contributed by atoms with E-state index < -0.39 is 11.2 Å². The van der Waals surface area contributed by atoms with Gasteiger partial charge in [0.2, 0.25) is 5.91 Å². The minimum Gasteiger partial charge on any atom is -0.428 e. The predicted molar refractivity (Wildman–Crippen MR) is 100 cm³/mol. The van der Waals surface area contributed by atoms with Gasteiger partial charge in [-0.05, 0) is 31.8 Å². The molecule has 1 saturated carbocycles.